The lowest BCUT2D eigenvalue weighted by Gasteiger charge is -2.31. The number of halogens is 1. The lowest BCUT2D eigenvalue weighted by Crippen LogP contribution is -2.48. The molecule has 0 spiro atoms. The van der Waals surface area contributed by atoms with Gasteiger partial charge in [0.05, 0.1) is 0 Å². The molecule has 1 aliphatic heterocycles. The molecule has 1 heterocycles. The molecular formula is C16H24ClN3O2. The van der Waals surface area contributed by atoms with Crippen molar-refractivity contribution >= 4 is 35.6 Å². The van der Waals surface area contributed by atoms with Crippen molar-refractivity contribution in [2.75, 3.05) is 23.7 Å². The van der Waals surface area contributed by atoms with E-state index >= 15 is 0 Å². The average Bonchev–Trinajstić information content (AvgIpc) is 2.37. The number of carbonyl (C=O) groups excluding carboxylic acids is 2. The zero-order chi connectivity index (χ0) is 15.2. The van der Waals surface area contributed by atoms with Crippen LogP contribution in [0.5, 0.6) is 0 Å². The van der Waals surface area contributed by atoms with Crippen LogP contribution in [0.25, 0.3) is 0 Å². The van der Waals surface area contributed by atoms with Gasteiger partial charge >= 0.3 is 0 Å². The van der Waals surface area contributed by atoms with Crippen LogP contribution in [0.4, 0.5) is 11.4 Å². The van der Waals surface area contributed by atoms with Gasteiger partial charge < -0.3 is 16.0 Å². The van der Waals surface area contributed by atoms with E-state index in [1.165, 1.54) is 0 Å². The second-order valence-corrected chi connectivity index (χ2v) is 5.58. The Morgan fingerprint density at radius 1 is 1.27 bits per heavy atom. The van der Waals surface area contributed by atoms with Crippen molar-refractivity contribution in [1.82, 2.24) is 5.32 Å². The maximum atomic E-state index is 12.2. The normalized spacial score (nSPS) is 15.2. The first-order chi connectivity index (χ1) is 10.1. The van der Waals surface area contributed by atoms with Crippen LogP contribution in [0.2, 0.25) is 0 Å². The molecule has 1 saturated heterocycles. The quantitative estimate of drug-likeness (QED) is 0.753. The summed E-state index contributed by atoms with van der Waals surface area (Å²) in [7, 11) is 0. The van der Waals surface area contributed by atoms with Gasteiger partial charge in [0.15, 0.2) is 0 Å². The first-order valence-electron chi connectivity index (χ1n) is 7.51. The lowest BCUT2D eigenvalue weighted by atomic mass is 9.88. The van der Waals surface area contributed by atoms with Crippen LogP contribution in [0.1, 0.15) is 26.7 Å². The van der Waals surface area contributed by atoms with E-state index in [1.54, 1.807) is 6.07 Å². The topological polar surface area (TPSA) is 70.2 Å². The highest BCUT2D eigenvalue weighted by molar-refractivity contribution is 5.95. The van der Waals surface area contributed by atoms with E-state index in [2.05, 4.69) is 16.0 Å². The van der Waals surface area contributed by atoms with Crippen molar-refractivity contribution in [3.05, 3.63) is 24.3 Å². The number of benzene rings is 1. The third-order valence-corrected chi connectivity index (χ3v) is 3.82. The molecule has 1 fully saturated rings. The summed E-state index contributed by atoms with van der Waals surface area (Å²) < 4.78 is 0. The zero-order valence-corrected chi connectivity index (χ0v) is 13.8. The molecule has 1 aromatic carbocycles. The Bertz CT molecular complexity index is 518. The SMILES string of the molecule is CCCC(=O)Nc1cccc(NC(=O)C(C)C2CNC2)c1.Cl. The molecule has 1 atom stereocenters. The predicted octanol–water partition coefficient (Wildman–Crippen LogP) is 2.64. The van der Waals surface area contributed by atoms with E-state index in [0.29, 0.717) is 23.7 Å². The molecule has 1 aromatic rings. The van der Waals surface area contributed by atoms with Gasteiger partial charge in [-0.1, -0.05) is 19.9 Å². The van der Waals surface area contributed by atoms with E-state index in [-0.39, 0.29) is 30.1 Å². The molecule has 22 heavy (non-hydrogen) atoms. The van der Waals surface area contributed by atoms with Crippen LogP contribution in [-0.2, 0) is 9.59 Å². The summed E-state index contributed by atoms with van der Waals surface area (Å²) in [6, 6.07) is 7.27. The van der Waals surface area contributed by atoms with Crippen molar-refractivity contribution in [2.45, 2.75) is 26.7 Å². The van der Waals surface area contributed by atoms with E-state index in [9.17, 15) is 9.59 Å². The van der Waals surface area contributed by atoms with Gasteiger partial charge in [-0.25, -0.2) is 0 Å². The van der Waals surface area contributed by atoms with Crippen molar-refractivity contribution in [3.63, 3.8) is 0 Å². The number of anilines is 2. The van der Waals surface area contributed by atoms with E-state index in [1.807, 2.05) is 32.0 Å². The van der Waals surface area contributed by atoms with Gasteiger partial charge in [-0.05, 0) is 43.6 Å². The molecule has 1 aliphatic rings. The van der Waals surface area contributed by atoms with Gasteiger partial charge in [-0.2, -0.15) is 0 Å². The summed E-state index contributed by atoms with van der Waals surface area (Å²) in [6.07, 6.45) is 1.32. The molecule has 6 heteroatoms. The smallest absolute Gasteiger partial charge is 0.227 e. The fourth-order valence-electron chi connectivity index (χ4n) is 2.26. The Hall–Kier alpha value is -1.59. The maximum absolute atomic E-state index is 12.2. The summed E-state index contributed by atoms with van der Waals surface area (Å²) in [4.78, 5) is 23.7. The molecule has 0 aromatic heterocycles. The third kappa shape index (κ3) is 5.00. The minimum atomic E-state index is -0.00964. The Morgan fingerprint density at radius 3 is 2.45 bits per heavy atom. The van der Waals surface area contributed by atoms with Crippen molar-refractivity contribution in [1.29, 1.82) is 0 Å². The Kier molecular flexibility index (Phi) is 7.35. The van der Waals surface area contributed by atoms with Crippen LogP contribution in [0.15, 0.2) is 24.3 Å². The van der Waals surface area contributed by atoms with Gasteiger partial charge in [-0.15, -0.1) is 12.4 Å². The van der Waals surface area contributed by atoms with Crippen molar-refractivity contribution in [2.24, 2.45) is 11.8 Å². The van der Waals surface area contributed by atoms with Crippen LogP contribution < -0.4 is 16.0 Å². The van der Waals surface area contributed by atoms with Crippen LogP contribution in [0.3, 0.4) is 0 Å². The lowest BCUT2D eigenvalue weighted by molar-refractivity contribution is -0.121. The summed E-state index contributed by atoms with van der Waals surface area (Å²) in [5.41, 5.74) is 1.43. The van der Waals surface area contributed by atoms with Crippen molar-refractivity contribution < 1.29 is 9.59 Å². The molecule has 0 bridgehead atoms. The molecule has 2 rings (SSSR count). The Labute approximate surface area is 137 Å². The van der Waals surface area contributed by atoms with Gasteiger partial charge in [-0.3, -0.25) is 9.59 Å². The molecule has 5 nitrogen and oxygen atoms in total. The van der Waals surface area contributed by atoms with Gasteiger partial charge in [0.2, 0.25) is 11.8 Å². The summed E-state index contributed by atoms with van der Waals surface area (Å²) in [5.74, 6) is 0.426. The number of nitrogens with one attached hydrogen (secondary N) is 3. The average molecular weight is 326 g/mol. The monoisotopic (exact) mass is 325 g/mol. The van der Waals surface area contributed by atoms with Crippen LogP contribution in [0, 0.1) is 11.8 Å². The second-order valence-electron chi connectivity index (χ2n) is 5.58. The molecule has 0 saturated carbocycles. The summed E-state index contributed by atoms with van der Waals surface area (Å²) in [5, 5.41) is 8.93. The van der Waals surface area contributed by atoms with Gasteiger partial charge in [0.1, 0.15) is 0 Å². The second kappa shape index (κ2) is 8.76. The third-order valence-electron chi connectivity index (χ3n) is 3.82. The van der Waals surface area contributed by atoms with Crippen LogP contribution >= 0.6 is 12.4 Å². The Morgan fingerprint density at radius 2 is 1.91 bits per heavy atom. The molecule has 3 N–H and O–H groups in total. The molecule has 2 amide bonds. The zero-order valence-electron chi connectivity index (χ0n) is 13.0. The highest BCUT2D eigenvalue weighted by Gasteiger charge is 2.28. The van der Waals surface area contributed by atoms with E-state index in [4.69, 9.17) is 0 Å². The summed E-state index contributed by atoms with van der Waals surface area (Å²) in [6.45, 7) is 5.73. The largest absolute Gasteiger partial charge is 0.326 e. The van der Waals surface area contributed by atoms with E-state index in [0.717, 1.165) is 19.5 Å². The first-order valence-corrected chi connectivity index (χ1v) is 7.51. The van der Waals surface area contributed by atoms with Crippen molar-refractivity contribution in [3.8, 4) is 0 Å². The minimum Gasteiger partial charge on any atom is -0.326 e. The minimum absolute atomic E-state index is 0. The summed E-state index contributed by atoms with van der Waals surface area (Å²) >= 11 is 0. The molecule has 0 aliphatic carbocycles. The molecule has 122 valence electrons. The van der Waals surface area contributed by atoms with Crippen LogP contribution in [-0.4, -0.2) is 24.9 Å². The number of hydrogen-bond acceptors (Lipinski definition) is 3. The number of carbonyl (C=O) groups is 2. The maximum Gasteiger partial charge on any atom is 0.227 e. The standard InChI is InChI=1S/C16H23N3O2.ClH/c1-3-5-15(20)18-13-6-4-7-14(8-13)19-16(21)11(2)12-9-17-10-12;/h4,6-8,11-12,17H,3,5,9-10H2,1-2H3,(H,18,20)(H,19,21);1H. The van der Waals surface area contributed by atoms with E-state index < -0.39 is 0 Å². The fourth-order valence-corrected chi connectivity index (χ4v) is 2.26. The number of rotatable bonds is 6. The highest BCUT2D eigenvalue weighted by Crippen LogP contribution is 2.20. The number of hydrogen-bond donors (Lipinski definition) is 3. The van der Waals surface area contributed by atoms with Gasteiger partial charge in [0, 0.05) is 23.7 Å². The van der Waals surface area contributed by atoms with Gasteiger partial charge in [0.25, 0.3) is 0 Å². The Balaban J connectivity index is 0.00000242. The molecule has 1 unspecified atom stereocenters. The predicted molar refractivity (Wildman–Crippen MR) is 91.4 cm³/mol. The molecular weight excluding hydrogens is 302 g/mol. The first kappa shape index (κ1) is 18.5. The fraction of sp³-hybridized carbons (Fsp3) is 0.500. The highest BCUT2D eigenvalue weighted by atomic mass is 35.5. The molecule has 0 radical (unpaired) electrons. The number of amides is 2.